The van der Waals surface area contributed by atoms with Crippen LogP contribution in [0.25, 0.3) is 5.65 Å². The molecule has 4 heterocycles. The minimum Gasteiger partial charge on any atom is -0.382 e. The number of amides is 5. The number of fused-ring (bicyclic) bond motifs is 2. The molecule has 15 nitrogen and oxygen atoms in total. The standard InChI is InChI=1S/C34H42N8O7/c1-2-4-21-20-28(42-27(37-21)11-13-36-42)38-22-7-8-23(19-22)39-30(44)12-15-48-17-18-49-16-14-35-25-6-3-5-24-31(25)34(47)41(33(24)46)26-9-10-29(43)40-32(26)45/h3,5-6,11,13,20,22-23,26,35,38H,2,4,7-10,12,14-19H2,1H3,(H,39,44)(H,40,43,45)/t22-,23?,26?/m1/s1. The van der Waals surface area contributed by atoms with E-state index in [4.69, 9.17) is 9.47 Å². The third-order valence-electron chi connectivity index (χ3n) is 8.94. The number of aryl methyl sites for hydroxylation is 1. The van der Waals surface area contributed by atoms with Crippen LogP contribution in [0.3, 0.4) is 0 Å². The number of piperidine rings is 1. The molecular weight excluding hydrogens is 632 g/mol. The zero-order valence-corrected chi connectivity index (χ0v) is 27.5. The Morgan fingerprint density at radius 3 is 2.63 bits per heavy atom. The summed E-state index contributed by atoms with van der Waals surface area (Å²) in [4.78, 5) is 68.2. The largest absolute Gasteiger partial charge is 0.382 e. The third kappa shape index (κ3) is 7.89. The molecule has 1 aliphatic carbocycles. The average Bonchev–Trinajstić information content (AvgIpc) is 3.79. The number of hydrogen-bond acceptors (Lipinski definition) is 11. The summed E-state index contributed by atoms with van der Waals surface area (Å²) in [6, 6.07) is 8.19. The molecule has 49 heavy (non-hydrogen) atoms. The van der Waals surface area contributed by atoms with Crippen LogP contribution >= 0.6 is 0 Å². The third-order valence-corrected chi connectivity index (χ3v) is 8.94. The number of carbonyl (C=O) groups is 5. The fourth-order valence-corrected chi connectivity index (χ4v) is 6.61. The van der Waals surface area contributed by atoms with Gasteiger partial charge >= 0.3 is 0 Å². The molecule has 3 aliphatic rings. The molecule has 4 N–H and O–H groups in total. The van der Waals surface area contributed by atoms with E-state index in [9.17, 15) is 24.0 Å². The predicted molar refractivity (Wildman–Crippen MR) is 178 cm³/mol. The number of anilines is 2. The van der Waals surface area contributed by atoms with Crippen molar-refractivity contribution in [2.45, 2.75) is 76.4 Å². The maximum atomic E-state index is 13.2. The lowest BCUT2D eigenvalue weighted by Gasteiger charge is -2.27. The van der Waals surface area contributed by atoms with Gasteiger partial charge in [-0.25, -0.2) is 4.98 Å². The van der Waals surface area contributed by atoms with Crippen LogP contribution in [-0.4, -0.2) is 100 Å². The lowest BCUT2D eigenvalue weighted by atomic mass is 10.0. The Balaban J connectivity index is 0.849. The number of carbonyl (C=O) groups excluding carboxylic acids is 5. The molecule has 2 aliphatic heterocycles. The zero-order valence-electron chi connectivity index (χ0n) is 27.5. The molecule has 260 valence electrons. The Hall–Kier alpha value is -4.89. The maximum absolute atomic E-state index is 13.2. The topological polar surface area (TPSA) is 185 Å². The summed E-state index contributed by atoms with van der Waals surface area (Å²) in [6.45, 7) is 3.75. The van der Waals surface area contributed by atoms with E-state index in [0.29, 0.717) is 32.1 Å². The number of rotatable bonds is 16. The van der Waals surface area contributed by atoms with E-state index in [1.54, 1.807) is 24.4 Å². The summed E-state index contributed by atoms with van der Waals surface area (Å²) in [5.74, 6) is -1.30. The minimum atomic E-state index is -1.02. The second kappa shape index (κ2) is 15.6. The highest BCUT2D eigenvalue weighted by Crippen LogP contribution is 2.32. The fraction of sp³-hybridized carbons (Fsp3) is 0.500. The molecule has 2 unspecified atom stereocenters. The lowest BCUT2D eigenvalue weighted by molar-refractivity contribution is -0.136. The quantitative estimate of drug-likeness (QED) is 0.129. The molecule has 2 fully saturated rings. The summed E-state index contributed by atoms with van der Waals surface area (Å²) in [6.07, 6.45) is 6.77. The van der Waals surface area contributed by atoms with Crippen molar-refractivity contribution in [1.29, 1.82) is 0 Å². The molecule has 1 saturated heterocycles. The average molecular weight is 675 g/mol. The SMILES string of the molecule is CCCc1cc(N[C@@H]2CCC(NC(=O)CCOCCOCCNc3cccc4c3C(=O)N(C3CCC(=O)NC3=O)C4=O)C2)n2nccc2n1. The molecule has 0 radical (unpaired) electrons. The van der Waals surface area contributed by atoms with Crippen LogP contribution in [0.1, 0.15) is 78.3 Å². The van der Waals surface area contributed by atoms with Gasteiger partial charge in [0.15, 0.2) is 5.65 Å². The molecule has 5 amide bonds. The highest BCUT2D eigenvalue weighted by molar-refractivity contribution is 6.25. The first-order valence-electron chi connectivity index (χ1n) is 17.0. The van der Waals surface area contributed by atoms with Gasteiger partial charge in [-0.1, -0.05) is 19.4 Å². The van der Waals surface area contributed by atoms with E-state index < -0.39 is 29.7 Å². The van der Waals surface area contributed by atoms with Crippen LogP contribution < -0.4 is 21.3 Å². The highest BCUT2D eigenvalue weighted by Gasteiger charge is 2.45. The lowest BCUT2D eigenvalue weighted by Crippen LogP contribution is -2.54. The van der Waals surface area contributed by atoms with Gasteiger partial charge in [-0.2, -0.15) is 9.61 Å². The Bertz CT molecular complexity index is 1730. The molecule has 6 rings (SSSR count). The van der Waals surface area contributed by atoms with Crippen LogP contribution in [0, 0.1) is 0 Å². The van der Waals surface area contributed by atoms with Gasteiger partial charge in [0.05, 0.1) is 43.8 Å². The molecule has 1 saturated carbocycles. The van der Waals surface area contributed by atoms with Crippen molar-refractivity contribution >= 4 is 46.7 Å². The van der Waals surface area contributed by atoms with Crippen molar-refractivity contribution in [2.24, 2.45) is 0 Å². The summed E-state index contributed by atoms with van der Waals surface area (Å²) >= 11 is 0. The number of ether oxygens (including phenoxy) is 2. The zero-order chi connectivity index (χ0) is 34.3. The van der Waals surface area contributed by atoms with Crippen LogP contribution in [0.4, 0.5) is 11.5 Å². The smallest absolute Gasteiger partial charge is 0.264 e. The van der Waals surface area contributed by atoms with E-state index in [1.165, 1.54) is 0 Å². The van der Waals surface area contributed by atoms with Crippen LogP contribution in [0.5, 0.6) is 0 Å². The first kappa shape index (κ1) is 34.0. The first-order chi connectivity index (χ1) is 23.8. The maximum Gasteiger partial charge on any atom is 0.264 e. The molecule has 0 bridgehead atoms. The molecular formula is C34H42N8O7. The predicted octanol–water partition coefficient (Wildman–Crippen LogP) is 2.07. The summed E-state index contributed by atoms with van der Waals surface area (Å²) in [5.41, 5.74) is 2.75. The number of benzene rings is 1. The van der Waals surface area contributed by atoms with Crippen LogP contribution in [0.2, 0.25) is 0 Å². The van der Waals surface area contributed by atoms with Gasteiger partial charge < -0.3 is 25.4 Å². The second-order valence-electron chi connectivity index (χ2n) is 12.5. The number of nitrogens with zero attached hydrogens (tertiary/aromatic N) is 4. The van der Waals surface area contributed by atoms with Gasteiger partial charge in [-0.3, -0.25) is 34.2 Å². The fourth-order valence-electron chi connectivity index (χ4n) is 6.61. The molecule has 0 spiro atoms. The van der Waals surface area contributed by atoms with Crippen molar-refractivity contribution in [3.8, 4) is 0 Å². The molecule has 3 atom stereocenters. The van der Waals surface area contributed by atoms with E-state index in [1.807, 2.05) is 10.6 Å². The van der Waals surface area contributed by atoms with Gasteiger partial charge in [0.1, 0.15) is 11.9 Å². The Kier molecular flexibility index (Phi) is 10.8. The number of hydrogen-bond donors (Lipinski definition) is 4. The van der Waals surface area contributed by atoms with Gasteiger partial charge in [0.25, 0.3) is 11.8 Å². The molecule has 15 heteroatoms. The number of aromatic nitrogens is 3. The van der Waals surface area contributed by atoms with Gasteiger partial charge in [-0.15, -0.1) is 0 Å². The van der Waals surface area contributed by atoms with Crippen molar-refractivity contribution in [1.82, 2.24) is 30.1 Å². The van der Waals surface area contributed by atoms with Crippen LogP contribution in [-0.2, 0) is 30.3 Å². The number of imide groups is 2. The Labute approximate surface area is 283 Å². The van der Waals surface area contributed by atoms with E-state index >= 15 is 0 Å². The molecule has 2 aromatic heterocycles. The molecule has 1 aromatic carbocycles. The van der Waals surface area contributed by atoms with Crippen molar-refractivity contribution in [3.05, 3.63) is 53.3 Å². The van der Waals surface area contributed by atoms with Gasteiger partial charge in [0.2, 0.25) is 17.7 Å². The van der Waals surface area contributed by atoms with E-state index in [0.717, 1.165) is 54.2 Å². The normalized spacial score (nSPS) is 20.5. The van der Waals surface area contributed by atoms with E-state index in [-0.39, 0.29) is 55.0 Å². The first-order valence-corrected chi connectivity index (χ1v) is 17.0. The Morgan fingerprint density at radius 2 is 1.82 bits per heavy atom. The Morgan fingerprint density at radius 1 is 1.00 bits per heavy atom. The summed E-state index contributed by atoms with van der Waals surface area (Å²) in [7, 11) is 0. The highest BCUT2D eigenvalue weighted by atomic mass is 16.5. The summed E-state index contributed by atoms with van der Waals surface area (Å²) < 4.78 is 13.0. The van der Waals surface area contributed by atoms with Gasteiger partial charge in [-0.05, 0) is 44.2 Å². The summed E-state index contributed by atoms with van der Waals surface area (Å²) in [5, 5.41) is 16.5. The van der Waals surface area contributed by atoms with Crippen LogP contribution in [0.15, 0.2) is 36.5 Å². The van der Waals surface area contributed by atoms with E-state index in [2.05, 4.69) is 44.3 Å². The number of nitrogens with one attached hydrogen (secondary N) is 4. The molecule has 3 aromatic rings. The van der Waals surface area contributed by atoms with Crippen molar-refractivity contribution in [2.75, 3.05) is 43.6 Å². The van der Waals surface area contributed by atoms with Crippen molar-refractivity contribution < 1.29 is 33.4 Å². The monoisotopic (exact) mass is 674 g/mol. The minimum absolute atomic E-state index is 0.0426. The van der Waals surface area contributed by atoms with Crippen molar-refractivity contribution in [3.63, 3.8) is 0 Å². The second-order valence-corrected chi connectivity index (χ2v) is 12.5. The van der Waals surface area contributed by atoms with Gasteiger partial charge in [0, 0.05) is 55.0 Å².